The summed E-state index contributed by atoms with van der Waals surface area (Å²) in [6, 6.07) is 0. The van der Waals surface area contributed by atoms with E-state index in [1.807, 2.05) is 0 Å². The van der Waals surface area contributed by atoms with Crippen molar-refractivity contribution in [3.8, 4) is 0 Å². The maximum Gasteiger partial charge on any atom is -0.0288 e. The van der Waals surface area contributed by atoms with Crippen LogP contribution in [0.4, 0.5) is 0 Å². The predicted molar refractivity (Wildman–Crippen MR) is 89.5 cm³/mol. The van der Waals surface area contributed by atoms with Gasteiger partial charge in [0.15, 0.2) is 0 Å². The van der Waals surface area contributed by atoms with Gasteiger partial charge in [-0.15, -0.1) is 0 Å². The molecule has 0 N–H and O–H groups in total. The Bertz CT molecular complexity index is 309. The Balaban J connectivity index is 3.83. The molecule has 0 heterocycles. The molecule has 0 saturated carbocycles. The highest BCUT2D eigenvalue weighted by Gasteiger charge is 1.94. The first kappa shape index (κ1) is 18.2. The summed E-state index contributed by atoms with van der Waals surface area (Å²) in [5.74, 6) is 0.821. The maximum atomic E-state index is 2.42. The molecule has 0 aromatic heterocycles. The molecule has 0 aliphatic heterocycles. The van der Waals surface area contributed by atoms with Crippen molar-refractivity contribution in [3.63, 3.8) is 0 Å². The summed E-state index contributed by atoms with van der Waals surface area (Å²) in [5, 5.41) is 0. The van der Waals surface area contributed by atoms with Crippen molar-refractivity contribution in [1.29, 1.82) is 0 Å². The van der Waals surface area contributed by atoms with Crippen LogP contribution in [0.25, 0.3) is 0 Å². The number of hydrogen-bond acceptors (Lipinski definition) is 0. The van der Waals surface area contributed by atoms with E-state index in [9.17, 15) is 0 Å². The summed E-state index contributed by atoms with van der Waals surface area (Å²) in [5.41, 5.74) is 4.51. The third-order valence-electron chi connectivity index (χ3n) is 3.36. The van der Waals surface area contributed by atoms with E-state index in [1.54, 1.807) is 5.57 Å². The molecule has 0 fully saturated rings. The first-order chi connectivity index (χ1) is 8.91. The fourth-order valence-electron chi connectivity index (χ4n) is 2.00. The molecule has 0 aromatic carbocycles. The lowest BCUT2D eigenvalue weighted by Crippen LogP contribution is -1.85. The maximum absolute atomic E-state index is 2.42. The Morgan fingerprint density at radius 3 is 1.68 bits per heavy atom. The molecule has 0 aliphatic carbocycles. The molecular weight excluding hydrogens is 228 g/mol. The van der Waals surface area contributed by atoms with Crippen molar-refractivity contribution in [1.82, 2.24) is 0 Å². The first-order valence-electron chi connectivity index (χ1n) is 7.86. The van der Waals surface area contributed by atoms with Gasteiger partial charge in [-0.25, -0.2) is 0 Å². The van der Waals surface area contributed by atoms with Crippen LogP contribution in [0.3, 0.4) is 0 Å². The Morgan fingerprint density at radius 1 is 0.737 bits per heavy atom. The van der Waals surface area contributed by atoms with E-state index in [1.165, 1.54) is 49.7 Å². The quantitative estimate of drug-likeness (QED) is 0.399. The average Bonchev–Trinajstić information content (AvgIpc) is 2.27. The van der Waals surface area contributed by atoms with Gasteiger partial charge in [-0.2, -0.15) is 0 Å². The zero-order valence-electron chi connectivity index (χ0n) is 14.1. The van der Waals surface area contributed by atoms with Crippen molar-refractivity contribution >= 4 is 0 Å². The predicted octanol–water partition coefficient (Wildman–Crippen LogP) is 6.84. The first-order valence-corrected chi connectivity index (χ1v) is 7.86. The molecule has 0 amide bonds. The molecule has 0 bridgehead atoms. The molecule has 19 heavy (non-hydrogen) atoms. The van der Waals surface area contributed by atoms with E-state index in [0.717, 1.165) is 5.92 Å². The molecule has 0 aliphatic rings. The lowest BCUT2D eigenvalue weighted by molar-refractivity contribution is 0.592. The van der Waals surface area contributed by atoms with Crippen molar-refractivity contribution in [2.45, 2.75) is 80.1 Å². The zero-order chi connectivity index (χ0) is 14.7. The summed E-state index contributed by atoms with van der Waals surface area (Å²) in [6.45, 7) is 13.5. The van der Waals surface area contributed by atoms with Crippen LogP contribution in [0.1, 0.15) is 80.1 Å². The Morgan fingerprint density at radius 2 is 1.21 bits per heavy atom. The zero-order valence-corrected chi connectivity index (χ0v) is 14.1. The van der Waals surface area contributed by atoms with Crippen molar-refractivity contribution in [2.75, 3.05) is 0 Å². The van der Waals surface area contributed by atoms with E-state index in [-0.39, 0.29) is 0 Å². The Kier molecular flexibility index (Phi) is 10.6. The van der Waals surface area contributed by atoms with Crippen LogP contribution in [-0.2, 0) is 0 Å². The summed E-state index contributed by atoms with van der Waals surface area (Å²) >= 11 is 0. The average molecular weight is 262 g/mol. The van der Waals surface area contributed by atoms with Crippen LogP contribution in [-0.4, -0.2) is 0 Å². The van der Waals surface area contributed by atoms with E-state index < -0.39 is 0 Å². The number of hydrogen-bond donors (Lipinski definition) is 0. The highest BCUT2D eigenvalue weighted by atomic mass is 14.0. The molecule has 0 atom stereocenters. The molecule has 0 nitrogen and oxygen atoms in total. The summed E-state index contributed by atoms with van der Waals surface area (Å²) < 4.78 is 0. The normalized spacial score (nSPS) is 13.0. The molecule has 0 heteroatoms. The molecule has 0 unspecified atom stereocenters. The van der Waals surface area contributed by atoms with Crippen LogP contribution in [0.5, 0.6) is 0 Å². The summed E-state index contributed by atoms with van der Waals surface area (Å²) in [7, 11) is 0. The molecule has 0 rings (SSSR count). The SMILES string of the molecule is CC(C)=CCCC(C)=CCCC(C)=CCCC(C)C. The standard InChI is InChI=1S/C19H34/c1-16(2)10-7-12-18(5)14-9-15-19(6)13-8-11-17(3)4/h10,13-14,17H,7-9,11-12,15H2,1-6H3. The third-order valence-corrected chi connectivity index (χ3v) is 3.36. The molecule has 0 spiro atoms. The summed E-state index contributed by atoms with van der Waals surface area (Å²) in [4.78, 5) is 0. The van der Waals surface area contributed by atoms with Gasteiger partial charge < -0.3 is 0 Å². The molecule has 0 saturated heterocycles. The van der Waals surface area contributed by atoms with E-state index >= 15 is 0 Å². The van der Waals surface area contributed by atoms with Crippen LogP contribution >= 0.6 is 0 Å². The molecular formula is C19H34. The lowest BCUT2D eigenvalue weighted by Gasteiger charge is -2.03. The van der Waals surface area contributed by atoms with Crippen molar-refractivity contribution < 1.29 is 0 Å². The molecule has 110 valence electrons. The Hall–Kier alpha value is -0.780. The van der Waals surface area contributed by atoms with Gasteiger partial charge in [0.05, 0.1) is 0 Å². The molecule has 0 radical (unpaired) electrons. The fraction of sp³-hybridized carbons (Fsp3) is 0.684. The highest BCUT2D eigenvalue weighted by molar-refractivity contribution is 5.05. The lowest BCUT2D eigenvalue weighted by atomic mass is 10.0. The second-order valence-corrected chi connectivity index (χ2v) is 6.43. The van der Waals surface area contributed by atoms with Gasteiger partial charge in [0.2, 0.25) is 0 Å². The van der Waals surface area contributed by atoms with Gasteiger partial charge in [-0.1, -0.05) is 48.8 Å². The topological polar surface area (TPSA) is 0 Å². The third kappa shape index (κ3) is 13.5. The van der Waals surface area contributed by atoms with E-state index in [2.05, 4.69) is 59.8 Å². The second kappa shape index (κ2) is 11.1. The van der Waals surface area contributed by atoms with Crippen LogP contribution < -0.4 is 0 Å². The molecule has 0 aromatic rings. The number of allylic oxidation sites excluding steroid dienone is 6. The van der Waals surface area contributed by atoms with Gasteiger partial charge in [0.25, 0.3) is 0 Å². The van der Waals surface area contributed by atoms with Gasteiger partial charge in [0, 0.05) is 0 Å². The van der Waals surface area contributed by atoms with Gasteiger partial charge in [-0.05, 0) is 72.1 Å². The number of rotatable bonds is 9. The van der Waals surface area contributed by atoms with Crippen LogP contribution in [0, 0.1) is 5.92 Å². The van der Waals surface area contributed by atoms with Gasteiger partial charge in [0.1, 0.15) is 0 Å². The van der Waals surface area contributed by atoms with Crippen molar-refractivity contribution in [3.05, 3.63) is 34.9 Å². The fourth-order valence-corrected chi connectivity index (χ4v) is 2.00. The monoisotopic (exact) mass is 262 g/mol. The Labute approximate surface area is 121 Å². The van der Waals surface area contributed by atoms with Crippen LogP contribution in [0.15, 0.2) is 34.9 Å². The van der Waals surface area contributed by atoms with Gasteiger partial charge >= 0.3 is 0 Å². The minimum Gasteiger partial charge on any atom is -0.0856 e. The van der Waals surface area contributed by atoms with Gasteiger partial charge in [-0.3, -0.25) is 0 Å². The second-order valence-electron chi connectivity index (χ2n) is 6.43. The minimum atomic E-state index is 0.821. The van der Waals surface area contributed by atoms with E-state index in [4.69, 9.17) is 0 Å². The minimum absolute atomic E-state index is 0.821. The summed E-state index contributed by atoms with van der Waals surface area (Å²) in [6.07, 6.45) is 14.5. The van der Waals surface area contributed by atoms with Crippen LogP contribution in [0.2, 0.25) is 0 Å². The smallest absolute Gasteiger partial charge is 0.0288 e. The van der Waals surface area contributed by atoms with E-state index in [0.29, 0.717) is 0 Å². The largest absolute Gasteiger partial charge is 0.0856 e. The highest BCUT2D eigenvalue weighted by Crippen LogP contribution is 2.13. The van der Waals surface area contributed by atoms with Crippen molar-refractivity contribution in [2.24, 2.45) is 5.92 Å².